The van der Waals surface area contributed by atoms with Crippen LogP contribution in [0.4, 0.5) is 0 Å². The number of hydrogen-bond acceptors (Lipinski definition) is 3. The smallest absolute Gasteiger partial charge is 0.170 e. The quantitative estimate of drug-likeness (QED) is 0.606. The molecule has 0 aromatic carbocycles. The van der Waals surface area contributed by atoms with Crippen LogP contribution in [0.1, 0.15) is 10.5 Å². The second kappa shape index (κ2) is 2.16. The number of rotatable bonds is 1. The molecular weight excluding hydrogens is 142 g/mol. The first-order valence-electron chi connectivity index (χ1n) is 3.15. The predicted octanol–water partition coefficient (Wildman–Crippen LogP) is 0.770. The summed E-state index contributed by atoms with van der Waals surface area (Å²) in [5.41, 5.74) is 1.10. The number of hydrogen-bond donors (Lipinski definition) is 1. The van der Waals surface area contributed by atoms with Gasteiger partial charge in [0.25, 0.3) is 0 Å². The Morgan fingerprint density at radius 2 is 2.45 bits per heavy atom. The number of aldehydes is 1. The molecule has 2 aromatic heterocycles. The van der Waals surface area contributed by atoms with Crippen molar-refractivity contribution in [3.63, 3.8) is 0 Å². The second-order valence-corrected chi connectivity index (χ2v) is 2.15. The molecule has 0 aliphatic heterocycles. The molecule has 4 heteroatoms. The first-order valence-corrected chi connectivity index (χ1v) is 3.15. The van der Waals surface area contributed by atoms with Gasteiger partial charge in [-0.1, -0.05) is 0 Å². The maximum Gasteiger partial charge on any atom is 0.170 e. The van der Waals surface area contributed by atoms with Crippen molar-refractivity contribution in [2.75, 3.05) is 0 Å². The lowest BCUT2D eigenvalue weighted by atomic mass is 10.3. The minimum atomic E-state index is 0.403. The summed E-state index contributed by atoms with van der Waals surface area (Å²) in [5, 5.41) is 7.39. The van der Waals surface area contributed by atoms with E-state index in [1.807, 2.05) is 0 Å². The number of nitrogens with zero attached hydrogens (tertiary/aromatic N) is 2. The monoisotopic (exact) mass is 147 g/mol. The Balaban J connectivity index is 2.88. The molecule has 0 fully saturated rings. The molecule has 0 amide bonds. The summed E-state index contributed by atoms with van der Waals surface area (Å²) in [6, 6.07) is 1.80. The van der Waals surface area contributed by atoms with Crippen LogP contribution < -0.4 is 0 Å². The molecule has 2 heterocycles. The highest BCUT2D eigenvalue weighted by Crippen LogP contribution is 2.10. The number of pyridine rings is 1. The van der Waals surface area contributed by atoms with Crippen molar-refractivity contribution in [2.24, 2.45) is 0 Å². The largest absolute Gasteiger partial charge is 0.296 e. The molecule has 11 heavy (non-hydrogen) atoms. The van der Waals surface area contributed by atoms with Crippen molar-refractivity contribution >= 4 is 17.2 Å². The highest BCUT2D eigenvalue weighted by atomic mass is 16.1. The van der Waals surface area contributed by atoms with Crippen LogP contribution in [0.3, 0.4) is 0 Å². The molecular formula is C7H5N3O. The van der Waals surface area contributed by atoms with E-state index in [0.29, 0.717) is 17.5 Å². The van der Waals surface area contributed by atoms with Gasteiger partial charge in [0.2, 0.25) is 0 Å². The summed E-state index contributed by atoms with van der Waals surface area (Å²) in [5.74, 6) is 0. The molecule has 0 aliphatic carbocycles. The highest BCUT2D eigenvalue weighted by Gasteiger charge is 2.00. The Kier molecular flexibility index (Phi) is 1.18. The topological polar surface area (TPSA) is 58.6 Å². The third-order valence-electron chi connectivity index (χ3n) is 1.50. The van der Waals surface area contributed by atoms with Crippen LogP contribution in [-0.4, -0.2) is 21.5 Å². The number of carbonyl (C=O) groups is 1. The van der Waals surface area contributed by atoms with Crippen LogP contribution in [0.25, 0.3) is 10.9 Å². The van der Waals surface area contributed by atoms with Crippen LogP contribution in [0.2, 0.25) is 0 Å². The molecule has 2 aromatic rings. The maximum atomic E-state index is 10.4. The number of H-pyrrole nitrogens is 1. The summed E-state index contributed by atoms with van der Waals surface area (Å²) in [6.07, 6.45) is 3.95. The summed E-state index contributed by atoms with van der Waals surface area (Å²) in [7, 11) is 0. The predicted molar refractivity (Wildman–Crippen MR) is 39.3 cm³/mol. The Bertz CT molecular complexity index is 393. The van der Waals surface area contributed by atoms with Gasteiger partial charge in [-0.2, -0.15) is 5.10 Å². The third-order valence-corrected chi connectivity index (χ3v) is 1.50. The number of carbonyl (C=O) groups excluding carboxylic acids is 1. The molecule has 0 saturated carbocycles. The summed E-state index contributed by atoms with van der Waals surface area (Å²) >= 11 is 0. The van der Waals surface area contributed by atoms with Crippen molar-refractivity contribution < 1.29 is 4.79 Å². The van der Waals surface area contributed by atoms with Crippen LogP contribution in [-0.2, 0) is 0 Å². The molecule has 0 spiro atoms. The van der Waals surface area contributed by atoms with Crippen molar-refractivity contribution in [3.8, 4) is 0 Å². The van der Waals surface area contributed by atoms with Gasteiger partial charge in [0.15, 0.2) is 6.29 Å². The van der Waals surface area contributed by atoms with E-state index in [1.54, 1.807) is 18.5 Å². The van der Waals surface area contributed by atoms with Crippen LogP contribution in [0, 0.1) is 0 Å². The Labute approximate surface area is 62.3 Å². The fourth-order valence-electron chi connectivity index (χ4n) is 0.979. The van der Waals surface area contributed by atoms with E-state index >= 15 is 0 Å². The zero-order chi connectivity index (χ0) is 7.68. The van der Waals surface area contributed by atoms with E-state index in [0.717, 1.165) is 5.39 Å². The number of nitrogens with one attached hydrogen (secondary N) is 1. The lowest BCUT2D eigenvalue weighted by molar-refractivity contribution is 0.112. The van der Waals surface area contributed by atoms with E-state index in [-0.39, 0.29) is 0 Å². The molecule has 1 N–H and O–H groups in total. The van der Waals surface area contributed by atoms with Gasteiger partial charge in [0.1, 0.15) is 5.69 Å². The van der Waals surface area contributed by atoms with Gasteiger partial charge in [-0.25, -0.2) is 0 Å². The lowest BCUT2D eigenvalue weighted by Crippen LogP contribution is -1.86. The molecule has 0 atom stereocenters. The van der Waals surface area contributed by atoms with Crippen molar-refractivity contribution in [1.82, 2.24) is 15.2 Å². The SMILES string of the molecule is O=Cc1nccc2cn[nH]c12. The van der Waals surface area contributed by atoms with Crippen LogP contribution in [0.15, 0.2) is 18.5 Å². The zero-order valence-electron chi connectivity index (χ0n) is 5.61. The van der Waals surface area contributed by atoms with Crippen molar-refractivity contribution in [2.45, 2.75) is 0 Å². The third kappa shape index (κ3) is 0.797. The van der Waals surface area contributed by atoms with E-state index in [4.69, 9.17) is 0 Å². The van der Waals surface area contributed by atoms with E-state index in [1.165, 1.54) is 0 Å². The molecule has 0 bridgehead atoms. The Hall–Kier alpha value is -1.71. The minimum Gasteiger partial charge on any atom is -0.296 e. The molecule has 0 unspecified atom stereocenters. The zero-order valence-corrected chi connectivity index (χ0v) is 5.61. The van der Waals surface area contributed by atoms with Gasteiger partial charge in [0.05, 0.1) is 11.7 Å². The standard InChI is InChI=1S/C7H5N3O/c11-4-6-7-5(1-2-8-6)3-9-10-7/h1-4H,(H,9,10). The Morgan fingerprint density at radius 1 is 1.55 bits per heavy atom. The molecule has 0 aliphatic rings. The Morgan fingerprint density at radius 3 is 3.27 bits per heavy atom. The molecule has 0 saturated heterocycles. The van der Waals surface area contributed by atoms with Gasteiger partial charge in [-0.05, 0) is 6.07 Å². The van der Waals surface area contributed by atoms with Crippen molar-refractivity contribution in [1.29, 1.82) is 0 Å². The van der Waals surface area contributed by atoms with Gasteiger partial charge < -0.3 is 0 Å². The summed E-state index contributed by atoms with van der Waals surface area (Å²) < 4.78 is 0. The second-order valence-electron chi connectivity index (χ2n) is 2.15. The van der Waals surface area contributed by atoms with Crippen LogP contribution in [0.5, 0.6) is 0 Å². The van der Waals surface area contributed by atoms with Gasteiger partial charge in [0, 0.05) is 11.6 Å². The summed E-state index contributed by atoms with van der Waals surface area (Å²) in [4.78, 5) is 14.3. The average molecular weight is 147 g/mol. The first-order chi connectivity index (χ1) is 5.42. The molecule has 0 radical (unpaired) electrons. The fraction of sp³-hybridized carbons (Fsp3) is 0. The number of aromatic nitrogens is 3. The number of aromatic amines is 1. The van der Waals surface area contributed by atoms with Gasteiger partial charge in [-0.3, -0.25) is 14.9 Å². The lowest BCUT2D eigenvalue weighted by Gasteiger charge is -1.89. The van der Waals surface area contributed by atoms with Gasteiger partial charge in [-0.15, -0.1) is 0 Å². The van der Waals surface area contributed by atoms with Crippen LogP contribution >= 0.6 is 0 Å². The number of fused-ring (bicyclic) bond motifs is 1. The van der Waals surface area contributed by atoms with E-state index in [2.05, 4.69) is 15.2 Å². The highest BCUT2D eigenvalue weighted by molar-refractivity contribution is 5.92. The first kappa shape index (κ1) is 6.03. The maximum absolute atomic E-state index is 10.4. The molecule has 54 valence electrons. The van der Waals surface area contributed by atoms with Gasteiger partial charge >= 0.3 is 0 Å². The summed E-state index contributed by atoms with van der Waals surface area (Å²) in [6.45, 7) is 0. The van der Waals surface area contributed by atoms with E-state index in [9.17, 15) is 4.79 Å². The van der Waals surface area contributed by atoms with Crippen molar-refractivity contribution in [3.05, 3.63) is 24.2 Å². The minimum absolute atomic E-state index is 0.403. The van der Waals surface area contributed by atoms with E-state index < -0.39 is 0 Å². The molecule has 4 nitrogen and oxygen atoms in total. The normalized spacial score (nSPS) is 10.2. The average Bonchev–Trinajstić information content (AvgIpc) is 2.50. The molecule has 2 rings (SSSR count). The fourth-order valence-corrected chi connectivity index (χ4v) is 0.979.